The predicted molar refractivity (Wildman–Crippen MR) is 77.9 cm³/mol. The molecule has 2 heterocycles. The molecule has 1 unspecified atom stereocenters. The number of halogens is 1. The topological polar surface area (TPSA) is 49.2 Å². The minimum Gasteiger partial charge on any atom is -0.396 e. The normalized spacial score (nSPS) is 19.5. The van der Waals surface area contributed by atoms with Crippen molar-refractivity contribution in [1.82, 2.24) is 9.97 Å². The lowest BCUT2D eigenvalue weighted by Crippen LogP contribution is -2.32. The van der Waals surface area contributed by atoms with Crippen molar-refractivity contribution < 1.29 is 5.11 Å². The lowest BCUT2D eigenvalue weighted by Gasteiger charge is -2.27. The van der Waals surface area contributed by atoms with Gasteiger partial charge in [0.15, 0.2) is 0 Å². The van der Waals surface area contributed by atoms with E-state index in [2.05, 4.69) is 23.7 Å². The van der Waals surface area contributed by atoms with Crippen LogP contribution in [0.15, 0.2) is 0 Å². The highest BCUT2D eigenvalue weighted by atomic mass is 35.5. The van der Waals surface area contributed by atoms with Crippen molar-refractivity contribution in [3.05, 3.63) is 16.5 Å². The van der Waals surface area contributed by atoms with Gasteiger partial charge in [0.1, 0.15) is 16.8 Å². The second-order valence-electron chi connectivity index (χ2n) is 5.48. The van der Waals surface area contributed by atoms with Crippen molar-refractivity contribution in [3.8, 4) is 0 Å². The Morgan fingerprint density at radius 2 is 2.16 bits per heavy atom. The smallest absolute Gasteiger partial charge is 0.137 e. The van der Waals surface area contributed by atoms with Gasteiger partial charge < -0.3 is 10.0 Å². The van der Waals surface area contributed by atoms with Gasteiger partial charge in [-0.1, -0.05) is 25.4 Å². The SMILES string of the molecule is Cc1c(Cl)nc(C(C)C)nc1N1CCCC1CCO. The summed E-state index contributed by atoms with van der Waals surface area (Å²) in [6.07, 6.45) is 3.04. The van der Waals surface area contributed by atoms with E-state index in [1.165, 1.54) is 0 Å². The van der Waals surface area contributed by atoms with Crippen LogP contribution in [0.2, 0.25) is 5.15 Å². The van der Waals surface area contributed by atoms with Gasteiger partial charge >= 0.3 is 0 Å². The van der Waals surface area contributed by atoms with Crippen LogP contribution in [0.1, 0.15) is 50.4 Å². The molecule has 1 aliphatic rings. The molecule has 4 nitrogen and oxygen atoms in total. The molecular formula is C14H22ClN3O. The first-order chi connectivity index (χ1) is 9.04. The standard InChI is InChI=1S/C14H22ClN3O/c1-9(2)13-16-12(15)10(3)14(17-13)18-7-4-5-11(18)6-8-19/h9,11,19H,4-8H2,1-3H3. The Morgan fingerprint density at radius 3 is 2.79 bits per heavy atom. The molecule has 1 N–H and O–H groups in total. The zero-order chi connectivity index (χ0) is 14.0. The number of aliphatic hydroxyl groups excluding tert-OH is 1. The lowest BCUT2D eigenvalue weighted by atomic mass is 10.1. The average molecular weight is 284 g/mol. The van der Waals surface area contributed by atoms with E-state index in [9.17, 15) is 5.11 Å². The number of anilines is 1. The zero-order valence-electron chi connectivity index (χ0n) is 11.9. The summed E-state index contributed by atoms with van der Waals surface area (Å²) in [6.45, 7) is 7.31. The molecule has 1 aromatic heterocycles. The summed E-state index contributed by atoms with van der Waals surface area (Å²) in [6, 6.07) is 0.370. The Balaban J connectivity index is 2.37. The van der Waals surface area contributed by atoms with E-state index in [1.807, 2.05) is 6.92 Å². The quantitative estimate of drug-likeness (QED) is 0.863. The Labute approximate surface area is 119 Å². The second-order valence-corrected chi connectivity index (χ2v) is 5.84. The summed E-state index contributed by atoms with van der Waals surface area (Å²) >= 11 is 6.24. The molecule has 0 saturated carbocycles. The van der Waals surface area contributed by atoms with Gasteiger partial charge in [0.25, 0.3) is 0 Å². The third kappa shape index (κ3) is 3.00. The molecule has 0 radical (unpaired) electrons. The fourth-order valence-electron chi connectivity index (χ4n) is 2.60. The Kier molecular flexibility index (Phi) is 4.63. The summed E-state index contributed by atoms with van der Waals surface area (Å²) in [5.74, 6) is 2.00. The number of aliphatic hydroxyl groups is 1. The third-order valence-electron chi connectivity index (χ3n) is 3.71. The van der Waals surface area contributed by atoms with E-state index < -0.39 is 0 Å². The van der Waals surface area contributed by atoms with Gasteiger partial charge in [0.05, 0.1) is 0 Å². The first kappa shape index (κ1) is 14.5. The van der Waals surface area contributed by atoms with Gasteiger partial charge in [-0.15, -0.1) is 0 Å². The Morgan fingerprint density at radius 1 is 1.42 bits per heavy atom. The van der Waals surface area contributed by atoms with E-state index in [-0.39, 0.29) is 12.5 Å². The van der Waals surface area contributed by atoms with Crippen molar-refractivity contribution in [2.75, 3.05) is 18.1 Å². The van der Waals surface area contributed by atoms with Crippen molar-refractivity contribution >= 4 is 17.4 Å². The molecule has 1 aliphatic heterocycles. The van der Waals surface area contributed by atoms with Gasteiger partial charge in [0, 0.05) is 30.7 Å². The molecule has 2 rings (SSSR count). The maximum absolute atomic E-state index is 9.17. The van der Waals surface area contributed by atoms with E-state index in [0.717, 1.165) is 43.0 Å². The average Bonchev–Trinajstić information content (AvgIpc) is 2.81. The van der Waals surface area contributed by atoms with E-state index in [4.69, 9.17) is 16.6 Å². The highest BCUT2D eigenvalue weighted by Gasteiger charge is 2.27. The molecule has 106 valence electrons. The molecule has 0 spiro atoms. The van der Waals surface area contributed by atoms with Gasteiger partial charge in [-0.3, -0.25) is 0 Å². The molecule has 1 saturated heterocycles. The highest BCUT2D eigenvalue weighted by Crippen LogP contribution is 2.31. The number of hydrogen-bond acceptors (Lipinski definition) is 4. The second kappa shape index (κ2) is 6.06. The summed E-state index contributed by atoms with van der Waals surface area (Å²) in [5, 5.41) is 9.72. The van der Waals surface area contributed by atoms with Crippen LogP contribution < -0.4 is 4.90 Å². The van der Waals surface area contributed by atoms with Crippen LogP contribution in [0.3, 0.4) is 0 Å². The highest BCUT2D eigenvalue weighted by molar-refractivity contribution is 6.30. The summed E-state index contributed by atoms with van der Waals surface area (Å²) < 4.78 is 0. The fraction of sp³-hybridized carbons (Fsp3) is 0.714. The number of nitrogens with zero attached hydrogens (tertiary/aromatic N) is 3. The lowest BCUT2D eigenvalue weighted by molar-refractivity contribution is 0.275. The van der Waals surface area contributed by atoms with Crippen LogP contribution in [0.25, 0.3) is 0 Å². The molecule has 19 heavy (non-hydrogen) atoms. The summed E-state index contributed by atoms with van der Waals surface area (Å²) in [4.78, 5) is 11.3. The van der Waals surface area contributed by atoms with Crippen LogP contribution in [0, 0.1) is 6.92 Å². The van der Waals surface area contributed by atoms with Gasteiger partial charge in [-0.05, 0) is 26.2 Å². The molecule has 5 heteroatoms. The minimum absolute atomic E-state index is 0.218. The van der Waals surface area contributed by atoms with Crippen LogP contribution >= 0.6 is 11.6 Å². The summed E-state index contributed by atoms with van der Waals surface area (Å²) in [7, 11) is 0. The Hall–Kier alpha value is -0.870. The van der Waals surface area contributed by atoms with Gasteiger partial charge in [0.2, 0.25) is 0 Å². The summed E-state index contributed by atoms with van der Waals surface area (Å²) in [5.41, 5.74) is 0.941. The molecule has 0 amide bonds. The molecule has 0 aromatic carbocycles. The van der Waals surface area contributed by atoms with Crippen LogP contribution in [-0.2, 0) is 0 Å². The molecule has 0 bridgehead atoms. The fourth-order valence-corrected chi connectivity index (χ4v) is 2.77. The number of hydrogen-bond donors (Lipinski definition) is 1. The monoisotopic (exact) mass is 283 g/mol. The molecule has 1 aromatic rings. The third-order valence-corrected chi connectivity index (χ3v) is 4.07. The predicted octanol–water partition coefficient (Wildman–Crippen LogP) is 2.91. The van der Waals surface area contributed by atoms with Crippen molar-refractivity contribution in [2.45, 2.75) is 52.0 Å². The van der Waals surface area contributed by atoms with Crippen molar-refractivity contribution in [1.29, 1.82) is 0 Å². The largest absolute Gasteiger partial charge is 0.396 e. The molecule has 1 fully saturated rings. The van der Waals surface area contributed by atoms with E-state index in [0.29, 0.717) is 11.2 Å². The van der Waals surface area contributed by atoms with Crippen LogP contribution in [0.4, 0.5) is 5.82 Å². The van der Waals surface area contributed by atoms with Crippen LogP contribution in [0.5, 0.6) is 0 Å². The van der Waals surface area contributed by atoms with E-state index >= 15 is 0 Å². The van der Waals surface area contributed by atoms with Gasteiger partial charge in [-0.25, -0.2) is 9.97 Å². The van der Waals surface area contributed by atoms with Gasteiger partial charge in [-0.2, -0.15) is 0 Å². The van der Waals surface area contributed by atoms with Crippen LogP contribution in [-0.4, -0.2) is 34.3 Å². The maximum Gasteiger partial charge on any atom is 0.137 e. The van der Waals surface area contributed by atoms with Crippen molar-refractivity contribution in [3.63, 3.8) is 0 Å². The zero-order valence-corrected chi connectivity index (χ0v) is 12.6. The molecular weight excluding hydrogens is 262 g/mol. The Bertz CT molecular complexity index is 451. The molecule has 0 aliphatic carbocycles. The maximum atomic E-state index is 9.17. The number of rotatable bonds is 4. The minimum atomic E-state index is 0.218. The van der Waals surface area contributed by atoms with Crippen molar-refractivity contribution in [2.24, 2.45) is 0 Å². The van der Waals surface area contributed by atoms with E-state index in [1.54, 1.807) is 0 Å². The number of aromatic nitrogens is 2. The first-order valence-electron chi connectivity index (χ1n) is 6.96. The first-order valence-corrected chi connectivity index (χ1v) is 7.34. The molecule has 1 atom stereocenters.